The van der Waals surface area contributed by atoms with E-state index in [-0.39, 0.29) is 12.1 Å². The van der Waals surface area contributed by atoms with Crippen molar-refractivity contribution in [1.82, 2.24) is 4.98 Å². The third kappa shape index (κ3) is 2.63. The van der Waals surface area contributed by atoms with Crippen molar-refractivity contribution in [2.45, 2.75) is 12.8 Å². The van der Waals surface area contributed by atoms with Crippen molar-refractivity contribution in [2.75, 3.05) is 7.11 Å². The maximum Gasteiger partial charge on any atom is 0.406 e. The summed E-state index contributed by atoms with van der Waals surface area (Å²) in [7, 11) is 1.04. The number of hydrogen-bond acceptors (Lipinski definition) is 5. The lowest BCUT2D eigenvalue weighted by Crippen LogP contribution is -2.04. The minimum absolute atomic E-state index is 0.0877. The van der Waals surface area contributed by atoms with E-state index < -0.39 is 28.5 Å². The van der Waals surface area contributed by atoms with Crippen LogP contribution in [-0.2, 0) is 6.42 Å². The number of alkyl halides is 2. The van der Waals surface area contributed by atoms with Gasteiger partial charge < -0.3 is 14.9 Å². The predicted molar refractivity (Wildman–Crippen MR) is 51.7 cm³/mol. The zero-order valence-corrected chi connectivity index (χ0v) is 8.68. The molecule has 6 nitrogen and oxygen atoms in total. The van der Waals surface area contributed by atoms with Crippen LogP contribution in [0.3, 0.4) is 0 Å². The zero-order valence-electron chi connectivity index (χ0n) is 8.68. The van der Waals surface area contributed by atoms with E-state index in [0.717, 1.165) is 13.2 Å². The highest BCUT2D eigenvalue weighted by atomic mass is 19.3. The summed E-state index contributed by atoms with van der Waals surface area (Å²) in [6, 6.07) is 2.61. The van der Waals surface area contributed by atoms with Crippen molar-refractivity contribution in [3.8, 4) is 11.8 Å². The molecule has 0 amide bonds. The monoisotopic (exact) mass is 243 g/mol. The van der Waals surface area contributed by atoms with Crippen LogP contribution >= 0.6 is 0 Å². The molecule has 90 valence electrons. The van der Waals surface area contributed by atoms with Crippen LogP contribution in [0.2, 0.25) is 0 Å². The summed E-state index contributed by atoms with van der Waals surface area (Å²) in [5, 5.41) is 19.1. The number of aromatic nitrogens is 1. The number of halogens is 2. The average Bonchev–Trinajstić information content (AvgIpc) is 2.28. The zero-order chi connectivity index (χ0) is 13.0. The summed E-state index contributed by atoms with van der Waals surface area (Å²) in [6.45, 7) is 0. The van der Waals surface area contributed by atoms with Gasteiger partial charge in [-0.25, -0.2) is 8.78 Å². The molecule has 1 rings (SSSR count). The second-order valence-corrected chi connectivity index (χ2v) is 2.95. The molecule has 0 bridgehead atoms. The molecule has 8 heteroatoms. The quantitative estimate of drug-likeness (QED) is 0.596. The highest BCUT2D eigenvalue weighted by molar-refractivity contribution is 5.48. The van der Waals surface area contributed by atoms with E-state index in [1.807, 2.05) is 0 Å². The molecule has 0 radical (unpaired) electrons. The Hall–Kier alpha value is -2.30. The maximum atomic E-state index is 12.7. The molecule has 0 atom stereocenters. The maximum absolute atomic E-state index is 12.7. The summed E-state index contributed by atoms with van der Waals surface area (Å²) in [5.74, 6) is -1.39. The Morgan fingerprint density at radius 3 is 2.76 bits per heavy atom. The molecule has 17 heavy (non-hydrogen) atoms. The van der Waals surface area contributed by atoms with Gasteiger partial charge in [0.2, 0.25) is 5.75 Å². The highest BCUT2D eigenvalue weighted by Crippen LogP contribution is 2.35. The lowest BCUT2D eigenvalue weighted by atomic mass is 10.1. The number of rotatable bonds is 4. The van der Waals surface area contributed by atoms with Gasteiger partial charge in [0, 0.05) is 0 Å². The van der Waals surface area contributed by atoms with Crippen molar-refractivity contribution in [3.63, 3.8) is 0 Å². The van der Waals surface area contributed by atoms with Crippen LogP contribution in [0.15, 0.2) is 6.07 Å². The fourth-order valence-electron chi connectivity index (χ4n) is 1.26. The lowest BCUT2D eigenvalue weighted by molar-refractivity contribution is -0.390. The number of nitro groups is 1. The van der Waals surface area contributed by atoms with Crippen molar-refractivity contribution < 1.29 is 18.4 Å². The molecule has 0 aliphatic rings. The normalized spacial score (nSPS) is 10.1. The number of pyridine rings is 1. The molecule has 1 aromatic heterocycles. The van der Waals surface area contributed by atoms with Crippen molar-refractivity contribution in [2.24, 2.45) is 0 Å². The molecule has 0 unspecified atom stereocenters. The van der Waals surface area contributed by atoms with Crippen LogP contribution in [-0.4, -0.2) is 17.0 Å². The fraction of sp³-hybridized carbons (Fsp3) is 0.333. The molecule has 0 aliphatic heterocycles. The van der Waals surface area contributed by atoms with E-state index in [0.29, 0.717) is 0 Å². The Morgan fingerprint density at radius 1 is 1.71 bits per heavy atom. The summed E-state index contributed by atoms with van der Waals surface area (Å²) in [5.41, 5.74) is -0.727. The summed E-state index contributed by atoms with van der Waals surface area (Å²) >= 11 is 0. The molecular formula is C9H7F2N3O3. The van der Waals surface area contributed by atoms with Crippen LogP contribution in [0, 0.1) is 21.4 Å². The van der Waals surface area contributed by atoms with Gasteiger partial charge >= 0.3 is 5.82 Å². The third-order valence-electron chi connectivity index (χ3n) is 1.91. The molecule has 0 spiro atoms. The van der Waals surface area contributed by atoms with Crippen molar-refractivity contribution in [1.29, 1.82) is 5.26 Å². The van der Waals surface area contributed by atoms with Gasteiger partial charge in [-0.3, -0.25) is 0 Å². The van der Waals surface area contributed by atoms with Crippen molar-refractivity contribution >= 4 is 5.82 Å². The van der Waals surface area contributed by atoms with Gasteiger partial charge in [0.25, 0.3) is 6.43 Å². The molecule has 0 aliphatic carbocycles. The number of methoxy groups -OCH3 is 1. The smallest absolute Gasteiger partial charge is 0.406 e. The SMILES string of the molecule is COc1c(C(F)F)cc(CC#N)nc1[N+](=O)[O-]. The van der Waals surface area contributed by atoms with Gasteiger partial charge in [0.05, 0.1) is 18.7 Å². The highest BCUT2D eigenvalue weighted by Gasteiger charge is 2.27. The van der Waals surface area contributed by atoms with Crippen LogP contribution in [0.4, 0.5) is 14.6 Å². The molecular weight excluding hydrogens is 236 g/mol. The Morgan fingerprint density at radius 2 is 2.35 bits per heavy atom. The molecule has 0 saturated carbocycles. The van der Waals surface area contributed by atoms with Gasteiger partial charge in [-0.1, -0.05) is 0 Å². The Labute approximate surface area is 94.6 Å². The minimum Gasteiger partial charge on any atom is -0.489 e. The average molecular weight is 243 g/mol. The lowest BCUT2D eigenvalue weighted by Gasteiger charge is -2.07. The van der Waals surface area contributed by atoms with Gasteiger partial charge in [0.15, 0.2) is 5.69 Å². The Bertz CT molecular complexity index is 485. The van der Waals surface area contributed by atoms with E-state index in [4.69, 9.17) is 5.26 Å². The molecule has 0 saturated heterocycles. The number of nitrogens with zero attached hydrogens (tertiary/aromatic N) is 3. The topological polar surface area (TPSA) is 89.0 Å². The van der Waals surface area contributed by atoms with E-state index in [9.17, 15) is 18.9 Å². The largest absolute Gasteiger partial charge is 0.489 e. The van der Waals surface area contributed by atoms with Crippen LogP contribution in [0.5, 0.6) is 5.75 Å². The minimum atomic E-state index is -2.94. The summed E-state index contributed by atoms with van der Waals surface area (Å²) in [6.07, 6.45) is -3.23. The van der Waals surface area contributed by atoms with Gasteiger partial charge in [-0.05, 0) is 16.0 Å². The van der Waals surface area contributed by atoms with Crippen molar-refractivity contribution in [3.05, 3.63) is 27.4 Å². The van der Waals surface area contributed by atoms with E-state index >= 15 is 0 Å². The standard InChI is InChI=1S/C9H7F2N3O3/c1-17-7-6(8(10)11)4-5(2-3-12)13-9(7)14(15)16/h4,8H,2H2,1H3. The number of hydrogen-bond donors (Lipinski definition) is 0. The molecule has 0 fully saturated rings. The third-order valence-corrected chi connectivity index (χ3v) is 1.91. The first kappa shape index (κ1) is 12.8. The van der Waals surface area contributed by atoms with Crippen LogP contribution in [0.1, 0.15) is 17.7 Å². The van der Waals surface area contributed by atoms with E-state index in [1.165, 1.54) is 0 Å². The Kier molecular flexibility index (Phi) is 3.87. The van der Waals surface area contributed by atoms with E-state index in [2.05, 4.69) is 9.72 Å². The predicted octanol–water partition coefficient (Wildman–Crippen LogP) is 2.00. The van der Waals surface area contributed by atoms with Crippen LogP contribution < -0.4 is 4.74 Å². The first-order valence-corrected chi connectivity index (χ1v) is 4.38. The summed E-state index contributed by atoms with van der Waals surface area (Å²) < 4.78 is 29.9. The first-order valence-electron chi connectivity index (χ1n) is 4.38. The van der Waals surface area contributed by atoms with Gasteiger partial charge in [-0.2, -0.15) is 5.26 Å². The Balaban J connectivity index is 3.46. The van der Waals surface area contributed by atoms with Gasteiger partial charge in [-0.15, -0.1) is 0 Å². The molecule has 0 N–H and O–H groups in total. The van der Waals surface area contributed by atoms with Crippen LogP contribution in [0.25, 0.3) is 0 Å². The summed E-state index contributed by atoms with van der Waals surface area (Å²) in [4.78, 5) is 13.2. The molecule has 0 aromatic carbocycles. The fourth-order valence-corrected chi connectivity index (χ4v) is 1.26. The molecule has 1 aromatic rings. The second-order valence-electron chi connectivity index (χ2n) is 2.95. The first-order chi connectivity index (χ1) is 8.01. The number of nitriles is 1. The number of ether oxygens (including phenoxy) is 1. The van der Waals surface area contributed by atoms with E-state index in [1.54, 1.807) is 6.07 Å². The second kappa shape index (κ2) is 5.16. The van der Waals surface area contributed by atoms with Gasteiger partial charge in [0.1, 0.15) is 6.42 Å². The molecule has 1 heterocycles.